The van der Waals surface area contributed by atoms with E-state index in [1.54, 1.807) is 32.9 Å². The normalized spacial score (nSPS) is 31.1. The Kier molecular flexibility index (Phi) is 10.4. The van der Waals surface area contributed by atoms with E-state index in [2.05, 4.69) is 6.58 Å². The van der Waals surface area contributed by atoms with E-state index in [1.165, 1.54) is 13.0 Å². The molecule has 7 atom stereocenters. The standard InChI is InChI=1S/C26H40O10/c1-6-26(5,33)13-7-8-15(2)22(30)36-24-21(29)20(28)19(27)18(35-24)14-34-23(31)16-9-11-17(12-10-16)25(3,4)32/h6,8-9,17-21,24,27-29,32-33H,1,7,10-14H2,2-5H3/b15-8+/t17-,18+,19+,20-,21+,24-,26?/m0/s1. The minimum Gasteiger partial charge on any atom is -0.459 e. The Hall–Kier alpha value is -2.08. The highest BCUT2D eigenvalue weighted by atomic mass is 16.7. The molecule has 1 heterocycles. The van der Waals surface area contributed by atoms with Crippen molar-refractivity contribution in [2.45, 2.75) is 102 Å². The Labute approximate surface area is 211 Å². The first-order valence-electron chi connectivity index (χ1n) is 12.2. The number of aliphatic hydroxyl groups is 5. The zero-order valence-electron chi connectivity index (χ0n) is 21.4. The number of aliphatic hydroxyl groups excluding tert-OH is 3. The zero-order valence-corrected chi connectivity index (χ0v) is 21.4. The van der Waals surface area contributed by atoms with Crippen molar-refractivity contribution < 1.29 is 49.3 Å². The first kappa shape index (κ1) is 30.1. The highest BCUT2D eigenvalue weighted by Gasteiger charge is 2.46. The third kappa shape index (κ3) is 8.22. The largest absolute Gasteiger partial charge is 0.459 e. The van der Waals surface area contributed by atoms with Gasteiger partial charge in [-0.15, -0.1) is 6.58 Å². The van der Waals surface area contributed by atoms with E-state index in [0.29, 0.717) is 37.7 Å². The number of carbonyl (C=O) groups excluding carboxylic acids is 2. The second-order valence-electron chi connectivity index (χ2n) is 10.4. The summed E-state index contributed by atoms with van der Waals surface area (Å²) in [6.07, 6.45) is -0.901. The smallest absolute Gasteiger partial charge is 0.335 e. The molecule has 36 heavy (non-hydrogen) atoms. The first-order chi connectivity index (χ1) is 16.7. The predicted molar refractivity (Wildman–Crippen MR) is 129 cm³/mol. The van der Waals surface area contributed by atoms with Crippen molar-refractivity contribution in [1.29, 1.82) is 0 Å². The van der Waals surface area contributed by atoms with Crippen LogP contribution in [0.25, 0.3) is 0 Å². The minimum absolute atomic E-state index is 0.0253. The van der Waals surface area contributed by atoms with Gasteiger partial charge in [-0.2, -0.15) is 0 Å². The summed E-state index contributed by atoms with van der Waals surface area (Å²) in [6, 6.07) is 0. The molecule has 10 heteroatoms. The predicted octanol–water partition coefficient (Wildman–Crippen LogP) is 1.04. The molecule has 1 saturated heterocycles. The lowest BCUT2D eigenvalue weighted by Gasteiger charge is -2.39. The highest BCUT2D eigenvalue weighted by molar-refractivity contribution is 5.88. The SMILES string of the molecule is C=CC(C)(O)CC/C=C(\C)C(=O)O[C@@H]1O[C@H](COC(=O)C2=CC[C@H](C(C)(C)O)CC2)[C@@H](O)[C@H](O)[C@H]1O. The van der Waals surface area contributed by atoms with Gasteiger partial charge in [0.2, 0.25) is 6.29 Å². The summed E-state index contributed by atoms with van der Waals surface area (Å²) in [5, 5.41) is 50.8. The summed E-state index contributed by atoms with van der Waals surface area (Å²) >= 11 is 0. The number of hydrogen-bond acceptors (Lipinski definition) is 10. The van der Waals surface area contributed by atoms with Gasteiger partial charge in [0.25, 0.3) is 0 Å². The molecule has 1 fully saturated rings. The maximum atomic E-state index is 12.5. The minimum atomic E-state index is -1.72. The lowest BCUT2D eigenvalue weighted by Crippen LogP contribution is -2.59. The Bertz CT molecular complexity index is 853. The van der Waals surface area contributed by atoms with Crippen LogP contribution >= 0.6 is 0 Å². The molecule has 0 bridgehead atoms. The molecule has 0 aromatic carbocycles. The number of ether oxygens (including phenoxy) is 3. The van der Waals surface area contributed by atoms with Crippen molar-refractivity contribution in [3.63, 3.8) is 0 Å². The van der Waals surface area contributed by atoms with Crippen LogP contribution in [0, 0.1) is 5.92 Å². The molecular weight excluding hydrogens is 472 g/mol. The number of esters is 2. The topological polar surface area (TPSA) is 163 Å². The van der Waals surface area contributed by atoms with Crippen molar-refractivity contribution in [3.8, 4) is 0 Å². The van der Waals surface area contributed by atoms with Gasteiger partial charge in [-0.3, -0.25) is 0 Å². The Balaban J connectivity index is 1.94. The van der Waals surface area contributed by atoms with Crippen LogP contribution in [0.5, 0.6) is 0 Å². The van der Waals surface area contributed by atoms with Crippen LogP contribution < -0.4 is 0 Å². The van der Waals surface area contributed by atoms with Crippen LogP contribution in [0.3, 0.4) is 0 Å². The van der Waals surface area contributed by atoms with Gasteiger partial charge in [-0.05, 0) is 65.7 Å². The van der Waals surface area contributed by atoms with E-state index in [0.717, 1.165) is 0 Å². The fourth-order valence-corrected chi connectivity index (χ4v) is 4.03. The van der Waals surface area contributed by atoms with Crippen LogP contribution in [-0.4, -0.2) is 86.0 Å². The second-order valence-corrected chi connectivity index (χ2v) is 10.4. The lowest BCUT2D eigenvalue weighted by molar-refractivity contribution is -0.292. The van der Waals surface area contributed by atoms with E-state index < -0.39 is 60.5 Å². The second kappa shape index (κ2) is 12.4. The maximum Gasteiger partial charge on any atom is 0.335 e. The van der Waals surface area contributed by atoms with Gasteiger partial charge >= 0.3 is 11.9 Å². The number of carbonyl (C=O) groups is 2. The van der Waals surface area contributed by atoms with Gasteiger partial charge in [0.15, 0.2) is 0 Å². The van der Waals surface area contributed by atoms with E-state index in [9.17, 15) is 35.1 Å². The van der Waals surface area contributed by atoms with Crippen LogP contribution in [0.1, 0.15) is 59.8 Å². The quantitative estimate of drug-likeness (QED) is 0.162. The average Bonchev–Trinajstić information content (AvgIpc) is 2.82. The lowest BCUT2D eigenvalue weighted by atomic mass is 9.79. The van der Waals surface area contributed by atoms with E-state index >= 15 is 0 Å². The van der Waals surface area contributed by atoms with Gasteiger partial charge in [-0.25, -0.2) is 9.59 Å². The summed E-state index contributed by atoms with van der Waals surface area (Å²) in [6.45, 7) is 9.64. The van der Waals surface area contributed by atoms with Crippen molar-refractivity contribution in [1.82, 2.24) is 0 Å². The molecular formula is C26H40O10. The monoisotopic (exact) mass is 512 g/mol. The number of hydrogen-bond donors (Lipinski definition) is 5. The summed E-state index contributed by atoms with van der Waals surface area (Å²) < 4.78 is 15.9. The molecule has 1 aliphatic carbocycles. The van der Waals surface area contributed by atoms with Crippen LogP contribution in [0.15, 0.2) is 36.0 Å². The third-order valence-corrected chi connectivity index (χ3v) is 6.81. The van der Waals surface area contributed by atoms with Gasteiger partial charge in [0, 0.05) is 11.1 Å². The van der Waals surface area contributed by atoms with E-state index in [-0.39, 0.29) is 11.5 Å². The van der Waals surface area contributed by atoms with Gasteiger partial charge in [0.05, 0.1) is 11.2 Å². The molecule has 0 aromatic rings. The Morgan fingerprint density at radius 2 is 1.83 bits per heavy atom. The fourth-order valence-electron chi connectivity index (χ4n) is 4.03. The van der Waals surface area contributed by atoms with Gasteiger partial charge in [0.1, 0.15) is 31.0 Å². The van der Waals surface area contributed by atoms with Crippen molar-refractivity contribution >= 4 is 11.9 Å². The summed E-state index contributed by atoms with van der Waals surface area (Å²) in [5.74, 6) is -1.40. The maximum absolute atomic E-state index is 12.5. The van der Waals surface area contributed by atoms with Crippen LogP contribution in [0.4, 0.5) is 0 Å². The summed E-state index contributed by atoms with van der Waals surface area (Å²) in [4.78, 5) is 24.9. The summed E-state index contributed by atoms with van der Waals surface area (Å²) in [7, 11) is 0. The van der Waals surface area contributed by atoms with Gasteiger partial charge in [-0.1, -0.05) is 18.2 Å². The van der Waals surface area contributed by atoms with Crippen LogP contribution in [-0.2, 0) is 23.8 Å². The Morgan fingerprint density at radius 1 is 1.17 bits per heavy atom. The molecule has 204 valence electrons. The third-order valence-electron chi connectivity index (χ3n) is 6.81. The number of allylic oxidation sites excluding steroid dienone is 2. The van der Waals surface area contributed by atoms with Gasteiger partial charge < -0.3 is 39.7 Å². The number of rotatable bonds is 10. The molecule has 5 N–H and O–H groups in total. The molecule has 0 aromatic heterocycles. The van der Waals surface area contributed by atoms with Crippen LogP contribution in [0.2, 0.25) is 0 Å². The molecule has 1 unspecified atom stereocenters. The Morgan fingerprint density at radius 3 is 2.39 bits per heavy atom. The van der Waals surface area contributed by atoms with E-state index in [1.807, 2.05) is 0 Å². The van der Waals surface area contributed by atoms with Crippen molar-refractivity contribution in [2.75, 3.05) is 6.61 Å². The average molecular weight is 513 g/mol. The molecule has 2 aliphatic rings. The first-order valence-corrected chi connectivity index (χ1v) is 12.2. The fraction of sp³-hybridized carbons (Fsp3) is 0.692. The molecule has 10 nitrogen and oxygen atoms in total. The molecule has 0 saturated carbocycles. The molecule has 0 amide bonds. The van der Waals surface area contributed by atoms with E-state index in [4.69, 9.17) is 14.2 Å². The van der Waals surface area contributed by atoms with Crippen molar-refractivity contribution in [2.24, 2.45) is 5.92 Å². The summed E-state index contributed by atoms with van der Waals surface area (Å²) in [5.41, 5.74) is -1.30. The highest BCUT2D eigenvalue weighted by Crippen LogP contribution is 2.32. The molecule has 0 spiro atoms. The van der Waals surface area contributed by atoms with Crippen molar-refractivity contribution in [3.05, 3.63) is 36.0 Å². The zero-order chi connectivity index (χ0) is 27.3. The molecule has 2 rings (SSSR count). The molecule has 0 radical (unpaired) electrons. The molecule has 1 aliphatic heterocycles.